The number of hydrogen-bond acceptors (Lipinski definition) is 3. The molecule has 1 amide bonds. The topological polar surface area (TPSA) is 46.6 Å². The van der Waals surface area contributed by atoms with Crippen molar-refractivity contribution in [1.82, 2.24) is 4.90 Å². The fourth-order valence-corrected chi connectivity index (χ4v) is 2.21. The molecule has 0 spiro atoms. The third kappa shape index (κ3) is 4.67. The standard InChI is InChI=1S/C14H18BrNO3/c1-10-9-11(15)6-7-12(10)14(18)16(2)8-4-5-13(17)19-3/h6-7,9H,4-5,8H2,1-3H3. The molecule has 0 fully saturated rings. The Labute approximate surface area is 121 Å². The maximum absolute atomic E-state index is 12.2. The van der Waals surface area contributed by atoms with Crippen LogP contribution in [-0.2, 0) is 9.53 Å². The number of methoxy groups -OCH3 is 1. The first-order valence-electron chi connectivity index (χ1n) is 6.04. The lowest BCUT2D eigenvalue weighted by Crippen LogP contribution is -2.28. The molecule has 0 aromatic heterocycles. The van der Waals surface area contributed by atoms with E-state index in [9.17, 15) is 9.59 Å². The number of ether oxygens (including phenoxy) is 1. The van der Waals surface area contributed by atoms with Gasteiger partial charge in [-0.05, 0) is 37.1 Å². The van der Waals surface area contributed by atoms with Crippen LogP contribution in [0.4, 0.5) is 0 Å². The predicted octanol–water partition coefficient (Wildman–Crippen LogP) is 2.78. The second-order valence-electron chi connectivity index (χ2n) is 4.37. The molecule has 0 radical (unpaired) electrons. The van der Waals surface area contributed by atoms with Gasteiger partial charge in [0, 0.05) is 30.0 Å². The molecule has 0 saturated heterocycles. The minimum Gasteiger partial charge on any atom is -0.469 e. The van der Waals surface area contributed by atoms with Crippen molar-refractivity contribution >= 4 is 27.8 Å². The fraction of sp³-hybridized carbons (Fsp3) is 0.429. The number of carbonyl (C=O) groups excluding carboxylic acids is 2. The molecule has 0 saturated carbocycles. The van der Waals surface area contributed by atoms with E-state index in [1.807, 2.05) is 19.1 Å². The van der Waals surface area contributed by atoms with E-state index in [-0.39, 0.29) is 11.9 Å². The quantitative estimate of drug-likeness (QED) is 0.781. The van der Waals surface area contributed by atoms with Crippen molar-refractivity contribution in [3.63, 3.8) is 0 Å². The number of aryl methyl sites for hydroxylation is 1. The first-order chi connectivity index (χ1) is 8.95. The number of esters is 1. The highest BCUT2D eigenvalue weighted by Crippen LogP contribution is 2.17. The van der Waals surface area contributed by atoms with Crippen LogP contribution in [0.2, 0.25) is 0 Å². The fourth-order valence-electron chi connectivity index (χ4n) is 1.74. The zero-order valence-electron chi connectivity index (χ0n) is 11.4. The molecule has 0 aliphatic rings. The Morgan fingerprint density at radius 3 is 2.63 bits per heavy atom. The summed E-state index contributed by atoms with van der Waals surface area (Å²) in [5, 5.41) is 0. The van der Waals surface area contributed by atoms with E-state index in [4.69, 9.17) is 0 Å². The van der Waals surface area contributed by atoms with Crippen LogP contribution in [0.5, 0.6) is 0 Å². The summed E-state index contributed by atoms with van der Waals surface area (Å²) in [7, 11) is 3.10. The number of hydrogen-bond donors (Lipinski definition) is 0. The van der Waals surface area contributed by atoms with Crippen molar-refractivity contribution in [1.29, 1.82) is 0 Å². The monoisotopic (exact) mass is 327 g/mol. The Morgan fingerprint density at radius 2 is 2.05 bits per heavy atom. The summed E-state index contributed by atoms with van der Waals surface area (Å²) in [5.41, 5.74) is 1.61. The van der Waals surface area contributed by atoms with Gasteiger partial charge >= 0.3 is 5.97 Å². The van der Waals surface area contributed by atoms with Gasteiger partial charge in [0.25, 0.3) is 5.91 Å². The van der Waals surface area contributed by atoms with Crippen molar-refractivity contribution < 1.29 is 14.3 Å². The molecule has 19 heavy (non-hydrogen) atoms. The van der Waals surface area contributed by atoms with Gasteiger partial charge in [-0.2, -0.15) is 0 Å². The van der Waals surface area contributed by atoms with Crippen molar-refractivity contribution in [2.75, 3.05) is 20.7 Å². The van der Waals surface area contributed by atoms with Crippen LogP contribution in [-0.4, -0.2) is 37.5 Å². The highest BCUT2D eigenvalue weighted by molar-refractivity contribution is 9.10. The lowest BCUT2D eigenvalue weighted by atomic mass is 10.1. The number of rotatable bonds is 5. The first kappa shape index (κ1) is 15.7. The molecule has 1 aromatic carbocycles. The maximum atomic E-state index is 12.2. The van der Waals surface area contributed by atoms with E-state index in [1.165, 1.54) is 7.11 Å². The Morgan fingerprint density at radius 1 is 1.37 bits per heavy atom. The maximum Gasteiger partial charge on any atom is 0.305 e. The number of benzene rings is 1. The average Bonchev–Trinajstić information content (AvgIpc) is 2.37. The second-order valence-corrected chi connectivity index (χ2v) is 5.28. The summed E-state index contributed by atoms with van der Waals surface area (Å²) < 4.78 is 5.52. The van der Waals surface area contributed by atoms with E-state index >= 15 is 0 Å². The summed E-state index contributed by atoms with van der Waals surface area (Å²) in [5.74, 6) is -0.282. The van der Waals surface area contributed by atoms with Gasteiger partial charge in [0.1, 0.15) is 0 Å². The SMILES string of the molecule is COC(=O)CCCN(C)C(=O)c1ccc(Br)cc1C. The molecule has 1 rings (SSSR count). The molecule has 0 unspecified atom stereocenters. The Hall–Kier alpha value is -1.36. The van der Waals surface area contributed by atoms with E-state index in [1.54, 1.807) is 18.0 Å². The van der Waals surface area contributed by atoms with Crippen LogP contribution in [0, 0.1) is 6.92 Å². The third-order valence-corrected chi connectivity index (χ3v) is 3.36. The molecule has 0 N–H and O–H groups in total. The van der Waals surface area contributed by atoms with Gasteiger partial charge in [-0.3, -0.25) is 9.59 Å². The lowest BCUT2D eigenvalue weighted by Gasteiger charge is -2.18. The van der Waals surface area contributed by atoms with Crippen LogP contribution < -0.4 is 0 Å². The van der Waals surface area contributed by atoms with Gasteiger partial charge in [0.15, 0.2) is 0 Å². The summed E-state index contributed by atoms with van der Waals surface area (Å²) in [6, 6.07) is 5.57. The van der Waals surface area contributed by atoms with E-state index in [2.05, 4.69) is 20.7 Å². The average molecular weight is 328 g/mol. The highest BCUT2D eigenvalue weighted by Gasteiger charge is 2.14. The van der Waals surface area contributed by atoms with Gasteiger partial charge in [0.05, 0.1) is 7.11 Å². The lowest BCUT2D eigenvalue weighted by molar-refractivity contribution is -0.140. The molecule has 0 aliphatic carbocycles. The summed E-state index contributed by atoms with van der Waals surface area (Å²) in [4.78, 5) is 24.8. The number of amides is 1. The van der Waals surface area contributed by atoms with E-state index in [0.29, 0.717) is 24.9 Å². The minimum absolute atomic E-state index is 0.0325. The molecule has 5 heteroatoms. The zero-order chi connectivity index (χ0) is 14.4. The van der Waals surface area contributed by atoms with Gasteiger partial charge < -0.3 is 9.64 Å². The Balaban J connectivity index is 2.59. The normalized spacial score (nSPS) is 10.1. The summed E-state index contributed by atoms with van der Waals surface area (Å²) >= 11 is 3.37. The van der Waals surface area contributed by atoms with Crippen molar-refractivity contribution in [2.45, 2.75) is 19.8 Å². The molecule has 1 aromatic rings. The Bertz CT molecular complexity index is 474. The van der Waals surface area contributed by atoms with Crippen molar-refractivity contribution in [2.24, 2.45) is 0 Å². The van der Waals surface area contributed by atoms with E-state index in [0.717, 1.165) is 10.0 Å². The predicted molar refractivity (Wildman–Crippen MR) is 77.1 cm³/mol. The van der Waals surface area contributed by atoms with Gasteiger partial charge in [-0.1, -0.05) is 15.9 Å². The Kier molecular flexibility index (Phi) is 6.02. The summed E-state index contributed by atoms with van der Waals surface area (Å²) in [6.45, 7) is 2.43. The largest absolute Gasteiger partial charge is 0.469 e. The minimum atomic E-state index is -0.249. The van der Waals surface area contributed by atoms with Crippen molar-refractivity contribution in [3.05, 3.63) is 33.8 Å². The van der Waals surface area contributed by atoms with Gasteiger partial charge in [-0.15, -0.1) is 0 Å². The first-order valence-corrected chi connectivity index (χ1v) is 6.83. The highest BCUT2D eigenvalue weighted by atomic mass is 79.9. The molecule has 104 valence electrons. The third-order valence-electron chi connectivity index (χ3n) is 2.87. The van der Waals surface area contributed by atoms with Crippen molar-refractivity contribution in [3.8, 4) is 0 Å². The van der Waals surface area contributed by atoms with Gasteiger partial charge in [-0.25, -0.2) is 0 Å². The number of carbonyl (C=O) groups is 2. The van der Waals surface area contributed by atoms with E-state index < -0.39 is 0 Å². The van der Waals surface area contributed by atoms with Crippen LogP contribution in [0.3, 0.4) is 0 Å². The van der Waals surface area contributed by atoms with Crippen LogP contribution in [0.15, 0.2) is 22.7 Å². The molecule has 0 heterocycles. The van der Waals surface area contributed by atoms with Gasteiger partial charge in [0.2, 0.25) is 0 Å². The molecule has 0 aliphatic heterocycles. The zero-order valence-corrected chi connectivity index (χ0v) is 13.0. The second kappa shape index (κ2) is 7.28. The van der Waals surface area contributed by atoms with Crippen LogP contribution in [0.1, 0.15) is 28.8 Å². The molecule has 0 bridgehead atoms. The van der Waals surface area contributed by atoms with Crippen LogP contribution >= 0.6 is 15.9 Å². The smallest absolute Gasteiger partial charge is 0.305 e. The molecular weight excluding hydrogens is 310 g/mol. The molecule has 0 atom stereocenters. The molecular formula is C14H18BrNO3. The van der Waals surface area contributed by atoms with Crippen LogP contribution in [0.25, 0.3) is 0 Å². The summed E-state index contributed by atoms with van der Waals surface area (Å²) in [6.07, 6.45) is 0.929. The molecule has 4 nitrogen and oxygen atoms in total. The number of halogens is 1. The number of nitrogens with zero attached hydrogens (tertiary/aromatic N) is 1.